The van der Waals surface area contributed by atoms with Crippen LogP contribution in [0.5, 0.6) is 0 Å². The van der Waals surface area contributed by atoms with Gasteiger partial charge in [-0.15, -0.1) is 11.6 Å². The van der Waals surface area contributed by atoms with E-state index in [1.165, 1.54) is 0 Å². The molecule has 0 heterocycles. The maximum absolute atomic E-state index is 12.0. The predicted octanol–water partition coefficient (Wildman–Crippen LogP) is 2.79. The van der Waals surface area contributed by atoms with Gasteiger partial charge in [-0.05, 0) is 30.0 Å². The zero-order valence-corrected chi connectivity index (χ0v) is 12.4. The number of hydrogen-bond acceptors (Lipinski definition) is 2. The molecule has 3 nitrogen and oxygen atoms in total. The molecule has 0 aliphatic rings. The van der Waals surface area contributed by atoms with Crippen LogP contribution >= 0.6 is 11.6 Å². The predicted molar refractivity (Wildman–Crippen MR) is 75.5 cm³/mol. The minimum absolute atomic E-state index is 0.309. The van der Waals surface area contributed by atoms with Crippen LogP contribution in [0.25, 0.3) is 0 Å². The van der Waals surface area contributed by atoms with Gasteiger partial charge in [0.2, 0.25) is 10.0 Å². The molecule has 0 fully saturated rings. The lowest BCUT2D eigenvalue weighted by Crippen LogP contribution is -2.28. The van der Waals surface area contributed by atoms with E-state index in [1.54, 1.807) is 24.3 Å². The fraction of sp³-hybridized carbons (Fsp3) is 0.538. The van der Waals surface area contributed by atoms with E-state index < -0.39 is 10.0 Å². The second-order valence-corrected chi connectivity index (χ2v) is 6.59. The first kappa shape index (κ1) is 15.5. The second-order valence-electron chi connectivity index (χ2n) is 4.45. The van der Waals surface area contributed by atoms with Crippen LogP contribution in [0.15, 0.2) is 29.2 Å². The zero-order valence-electron chi connectivity index (χ0n) is 10.8. The Bertz CT molecular complexity index is 456. The molecule has 1 unspecified atom stereocenters. The van der Waals surface area contributed by atoms with Gasteiger partial charge in [-0.3, -0.25) is 0 Å². The summed E-state index contributed by atoms with van der Waals surface area (Å²) in [4.78, 5) is 0.309. The highest BCUT2D eigenvalue weighted by molar-refractivity contribution is 7.89. The molecule has 18 heavy (non-hydrogen) atoms. The molecule has 0 aliphatic carbocycles. The highest BCUT2D eigenvalue weighted by Crippen LogP contribution is 2.12. The number of halogens is 1. The van der Waals surface area contributed by atoms with Crippen molar-refractivity contribution in [2.75, 3.05) is 12.4 Å². The van der Waals surface area contributed by atoms with Crippen LogP contribution in [-0.4, -0.2) is 20.8 Å². The van der Waals surface area contributed by atoms with Crippen LogP contribution in [0.2, 0.25) is 0 Å². The zero-order chi connectivity index (χ0) is 13.6. The van der Waals surface area contributed by atoms with Gasteiger partial charge in [-0.25, -0.2) is 13.1 Å². The highest BCUT2D eigenvalue weighted by Gasteiger charge is 2.14. The van der Waals surface area contributed by atoms with Crippen molar-refractivity contribution in [1.29, 1.82) is 0 Å². The molecule has 0 aliphatic heterocycles. The molecule has 0 saturated carbocycles. The van der Waals surface area contributed by atoms with Crippen molar-refractivity contribution < 1.29 is 8.42 Å². The molecule has 0 aromatic heterocycles. The third kappa shape index (κ3) is 4.59. The van der Waals surface area contributed by atoms with Crippen LogP contribution in [0, 0.1) is 5.92 Å². The van der Waals surface area contributed by atoms with Crippen LogP contribution in [0.1, 0.15) is 25.8 Å². The fourth-order valence-corrected chi connectivity index (χ4v) is 2.81. The van der Waals surface area contributed by atoms with Crippen molar-refractivity contribution in [3.63, 3.8) is 0 Å². The van der Waals surface area contributed by atoms with Crippen molar-refractivity contribution in [3.05, 3.63) is 29.8 Å². The normalized spacial score (nSPS) is 13.5. The van der Waals surface area contributed by atoms with E-state index in [-0.39, 0.29) is 0 Å². The lowest BCUT2D eigenvalue weighted by molar-refractivity contribution is 0.528. The van der Waals surface area contributed by atoms with Gasteiger partial charge in [0.1, 0.15) is 0 Å². The van der Waals surface area contributed by atoms with Crippen molar-refractivity contribution in [2.45, 2.75) is 31.6 Å². The van der Waals surface area contributed by atoms with Crippen LogP contribution in [0.3, 0.4) is 0 Å². The first-order chi connectivity index (χ1) is 8.49. The molecule has 0 bridgehead atoms. The molecule has 0 saturated heterocycles. The minimum atomic E-state index is -3.38. The first-order valence-corrected chi connectivity index (χ1v) is 8.16. The molecule has 102 valence electrons. The number of nitrogens with one attached hydrogen (secondary N) is 1. The lowest BCUT2D eigenvalue weighted by Gasteiger charge is -2.11. The quantitative estimate of drug-likeness (QED) is 0.785. The number of aryl methyl sites for hydroxylation is 1. The Morgan fingerprint density at radius 3 is 2.39 bits per heavy atom. The summed E-state index contributed by atoms with van der Waals surface area (Å²) in [5.74, 6) is 0.883. The van der Waals surface area contributed by atoms with Gasteiger partial charge in [0.25, 0.3) is 0 Å². The first-order valence-electron chi connectivity index (χ1n) is 6.14. The van der Waals surface area contributed by atoms with Crippen molar-refractivity contribution in [1.82, 2.24) is 4.72 Å². The Kier molecular flexibility index (Phi) is 6.12. The Morgan fingerprint density at radius 2 is 1.89 bits per heavy atom. The van der Waals surface area contributed by atoms with Crippen molar-refractivity contribution in [3.8, 4) is 0 Å². The average molecular weight is 290 g/mol. The number of sulfonamides is 1. The van der Waals surface area contributed by atoms with E-state index in [0.29, 0.717) is 23.2 Å². The molecule has 1 atom stereocenters. The molecule has 1 aromatic rings. The van der Waals surface area contributed by atoms with Crippen molar-refractivity contribution in [2.24, 2.45) is 5.92 Å². The topological polar surface area (TPSA) is 46.2 Å². The number of benzene rings is 1. The molecule has 1 rings (SSSR count). The van der Waals surface area contributed by atoms with Gasteiger partial charge in [0, 0.05) is 12.4 Å². The monoisotopic (exact) mass is 289 g/mol. The number of rotatable bonds is 7. The summed E-state index contributed by atoms with van der Waals surface area (Å²) >= 11 is 5.64. The van der Waals surface area contributed by atoms with E-state index in [4.69, 9.17) is 11.6 Å². The second kappa shape index (κ2) is 7.12. The molecule has 5 heteroatoms. The van der Waals surface area contributed by atoms with E-state index in [9.17, 15) is 8.42 Å². The molecule has 0 amide bonds. The number of alkyl halides is 1. The molecule has 1 aromatic carbocycles. The third-order valence-electron chi connectivity index (χ3n) is 2.94. The van der Waals surface area contributed by atoms with Gasteiger partial charge < -0.3 is 0 Å². The summed E-state index contributed by atoms with van der Waals surface area (Å²) in [5.41, 5.74) is 1.05. The standard InChI is InChI=1S/C13H20ClNO2S/c1-3-11(2)10-15-18(16,17)13-6-4-12(5-7-13)8-9-14/h4-7,11,15H,3,8-10H2,1-2H3. The Labute approximate surface area is 115 Å². The summed E-state index contributed by atoms with van der Waals surface area (Å²) < 4.78 is 26.6. The molecule has 0 spiro atoms. The Morgan fingerprint density at radius 1 is 1.28 bits per heavy atom. The van der Waals surface area contributed by atoms with Crippen LogP contribution in [-0.2, 0) is 16.4 Å². The van der Waals surface area contributed by atoms with E-state index in [1.807, 2.05) is 13.8 Å². The van der Waals surface area contributed by atoms with Gasteiger partial charge in [-0.1, -0.05) is 32.4 Å². The van der Waals surface area contributed by atoms with Crippen LogP contribution in [0.4, 0.5) is 0 Å². The summed E-state index contributed by atoms with van der Waals surface area (Å²) in [6.45, 7) is 4.54. The maximum Gasteiger partial charge on any atom is 0.240 e. The SMILES string of the molecule is CCC(C)CNS(=O)(=O)c1ccc(CCCl)cc1. The molecule has 0 radical (unpaired) electrons. The fourth-order valence-electron chi connectivity index (χ4n) is 1.42. The lowest BCUT2D eigenvalue weighted by atomic mass is 10.1. The third-order valence-corrected chi connectivity index (χ3v) is 4.56. The van der Waals surface area contributed by atoms with Gasteiger partial charge in [0.15, 0.2) is 0 Å². The Hall–Kier alpha value is -0.580. The summed E-state index contributed by atoms with van der Waals surface area (Å²) in [6, 6.07) is 6.86. The maximum atomic E-state index is 12.0. The van der Waals surface area contributed by atoms with Crippen LogP contribution < -0.4 is 4.72 Å². The minimum Gasteiger partial charge on any atom is -0.211 e. The summed E-state index contributed by atoms with van der Waals surface area (Å²) in [5, 5.41) is 0. The molecular weight excluding hydrogens is 270 g/mol. The number of hydrogen-bond donors (Lipinski definition) is 1. The summed E-state index contributed by atoms with van der Waals surface area (Å²) in [7, 11) is -3.38. The largest absolute Gasteiger partial charge is 0.240 e. The van der Waals surface area contributed by atoms with E-state index in [2.05, 4.69) is 4.72 Å². The molecule has 1 N–H and O–H groups in total. The average Bonchev–Trinajstić information content (AvgIpc) is 2.37. The summed E-state index contributed by atoms with van der Waals surface area (Å²) in [6.07, 6.45) is 1.71. The van der Waals surface area contributed by atoms with Gasteiger partial charge in [-0.2, -0.15) is 0 Å². The van der Waals surface area contributed by atoms with Gasteiger partial charge >= 0.3 is 0 Å². The smallest absolute Gasteiger partial charge is 0.211 e. The molecular formula is C13H20ClNO2S. The Balaban J connectivity index is 2.72. The van der Waals surface area contributed by atoms with Gasteiger partial charge in [0.05, 0.1) is 4.90 Å². The highest BCUT2D eigenvalue weighted by atomic mass is 35.5. The van der Waals surface area contributed by atoms with Crippen molar-refractivity contribution >= 4 is 21.6 Å². The van der Waals surface area contributed by atoms with E-state index >= 15 is 0 Å². The van der Waals surface area contributed by atoms with E-state index in [0.717, 1.165) is 18.4 Å².